The Labute approximate surface area is 85.5 Å². The standard InChI is InChI=1S/C11H18N2O/c1-4-9(3)14-11-8-6-7-10(13-11)12-5-2/h6-9H,4-5H2,1-3H3,(H,12,13). The van der Waals surface area contributed by atoms with Crippen molar-refractivity contribution in [2.75, 3.05) is 11.9 Å². The Morgan fingerprint density at radius 3 is 2.86 bits per heavy atom. The van der Waals surface area contributed by atoms with E-state index in [9.17, 15) is 0 Å². The van der Waals surface area contributed by atoms with Crippen LogP contribution in [-0.4, -0.2) is 17.6 Å². The molecule has 0 saturated carbocycles. The SMILES string of the molecule is CCNc1cccc(OC(C)CC)n1. The Morgan fingerprint density at radius 2 is 2.21 bits per heavy atom. The van der Waals surface area contributed by atoms with Gasteiger partial charge in [-0.05, 0) is 26.3 Å². The van der Waals surface area contributed by atoms with Crippen molar-refractivity contribution < 1.29 is 4.74 Å². The molecule has 0 spiro atoms. The molecule has 0 aliphatic heterocycles. The average Bonchev–Trinajstić information content (AvgIpc) is 2.19. The van der Waals surface area contributed by atoms with Crippen LogP contribution in [0.3, 0.4) is 0 Å². The van der Waals surface area contributed by atoms with E-state index in [0.29, 0.717) is 5.88 Å². The van der Waals surface area contributed by atoms with Gasteiger partial charge in [0, 0.05) is 12.6 Å². The number of nitrogens with one attached hydrogen (secondary N) is 1. The summed E-state index contributed by atoms with van der Waals surface area (Å²) in [6.07, 6.45) is 1.21. The van der Waals surface area contributed by atoms with Crippen LogP contribution in [0.4, 0.5) is 5.82 Å². The lowest BCUT2D eigenvalue weighted by atomic mass is 10.3. The quantitative estimate of drug-likeness (QED) is 0.782. The molecule has 1 rings (SSSR count). The van der Waals surface area contributed by atoms with Crippen LogP contribution in [0.1, 0.15) is 27.2 Å². The maximum atomic E-state index is 5.60. The number of anilines is 1. The molecule has 1 atom stereocenters. The Hall–Kier alpha value is -1.25. The van der Waals surface area contributed by atoms with E-state index < -0.39 is 0 Å². The summed E-state index contributed by atoms with van der Waals surface area (Å²) in [6, 6.07) is 5.77. The molecule has 0 fully saturated rings. The second-order valence-electron chi connectivity index (χ2n) is 3.23. The fourth-order valence-electron chi connectivity index (χ4n) is 1.05. The number of aromatic nitrogens is 1. The lowest BCUT2D eigenvalue weighted by Crippen LogP contribution is -2.11. The summed E-state index contributed by atoms with van der Waals surface area (Å²) in [4.78, 5) is 4.32. The van der Waals surface area contributed by atoms with Crippen molar-refractivity contribution in [1.29, 1.82) is 0 Å². The molecule has 0 aliphatic carbocycles. The molecule has 1 aromatic rings. The highest BCUT2D eigenvalue weighted by Crippen LogP contribution is 2.13. The van der Waals surface area contributed by atoms with E-state index in [1.165, 1.54) is 0 Å². The first-order valence-electron chi connectivity index (χ1n) is 5.13. The van der Waals surface area contributed by atoms with Crippen LogP contribution in [0.2, 0.25) is 0 Å². The first-order chi connectivity index (χ1) is 6.76. The third-order valence-electron chi connectivity index (χ3n) is 1.98. The molecule has 0 amide bonds. The molecule has 0 saturated heterocycles. The highest BCUT2D eigenvalue weighted by Gasteiger charge is 2.02. The molecule has 3 nitrogen and oxygen atoms in total. The van der Waals surface area contributed by atoms with Crippen LogP contribution in [0.5, 0.6) is 5.88 Å². The molecule has 0 aromatic carbocycles. The zero-order valence-corrected chi connectivity index (χ0v) is 9.08. The van der Waals surface area contributed by atoms with Crippen molar-refractivity contribution in [3.8, 4) is 5.88 Å². The summed E-state index contributed by atoms with van der Waals surface area (Å²) in [5, 5.41) is 3.15. The van der Waals surface area contributed by atoms with E-state index in [4.69, 9.17) is 4.74 Å². The van der Waals surface area contributed by atoms with Crippen LogP contribution in [0.25, 0.3) is 0 Å². The van der Waals surface area contributed by atoms with Crippen LogP contribution in [-0.2, 0) is 0 Å². The molecule has 14 heavy (non-hydrogen) atoms. The third-order valence-corrected chi connectivity index (χ3v) is 1.98. The van der Waals surface area contributed by atoms with Crippen LogP contribution in [0.15, 0.2) is 18.2 Å². The van der Waals surface area contributed by atoms with Crippen molar-refractivity contribution in [3.63, 3.8) is 0 Å². The van der Waals surface area contributed by atoms with E-state index in [2.05, 4.69) is 17.2 Å². The van der Waals surface area contributed by atoms with Crippen molar-refractivity contribution >= 4 is 5.82 Å². The number of pyridine rings is 1. The van der Waals surface area contributed by atoms with Gasteiger partial charge in [0.2, 0.25) is 5.88 Å². The van der Waals surface area contributed by atoms with Crippen molar-refractivity contribution in [3.05, 3.63) is 18.2 Å². The molecule has 1 heterocycles. The summed E-state index contributed by atoms with van der Waals surface area (Å²) < 4.78 is 5.60. The van der Waals surface area contributed by atoms with Gasteiger partial charge in [-0.2, -0.15) is 4.98 Å². The minimum absolute atomic E-state index is 0.222. The smallest absolute Gasteiger partial charge is 0.215 e. The van der Waals surface area contributed by atoms with E-state index in [1.54, 1.807) is 0 Å². The zero-order valence-electron chi connectivity index (χ0n) is 9.08. The zero-order chi connectivity index (χ0) is 10.4. The lowest BCUT2D eigenvalue weighted by Gasteiger charge is -2.12. The fourth-order valence-corrected chi connectivity index (χ4v) is 1.05. The first-order valence-corrected chi connectivity index (χ1v) is 5.13. The van der Waals surface area contributed by atoms with Crippen molar-refractivity contribution in [1.82, 2.24) is 4.98 Å². The fraction of sp³-hybridized carbons (Fsp3) is 0.545. The number of nitrogens with zero attached hydrogens (tertiary/aromatic N) is 1. The highest BCUT2D eigenvalue weighted by atomic mass is 16.5. The monoisotopic (exact) mass is 194 g/mol. The summed E-state index contributed by atoms with van der Waals surface area (Å²) in [6.45, 7) is 7.06. The Bertz CT molecular complexity index is 276. The Balaban J connectivity index is 2.63. The molecule has 0 bridgehead atoms. The lowest BCUT2D eigenvalue weighted by molar-refractivity contribution is 0.209. The van der Waals surface area contributed by atoms with Gasteiger partial charge in [-0.25, -0.2) is 0 Å². The molecule has 3 heteroatoms. The number of rotatable bonds is 5. The maximum absolute atomic E-state index is 5.60. The van der Waals surface area contributed by atoms with E-state index in [1.807, 2.05) is 32.0 Å². The summed E-state index contributed by atoms with van der Waals surface area (Å²) in [5.74, 6) is 1.56. The van der Waals surface area contributed by atoms with Gasteiger partial charge in [-0.1, -0.05) is 13.0 Å². The molecule has 1 aromatic heterocycles. The maximum Gasteiger partial charge on any atom is 0.215 e. The minimum Gasteiger partial charge on any atom is -0.475 e. The van der Waals surface area contributed by atoms with Gasteiger partial charge in [0.1, 0.15) is 5.82 Å². The average molecular weight is 194 g/mol. The molecule has 1 N–H and O–H groups in total. The number of hydrogen-bond donors (Lipinski definition) is 1. The largest absolute Gasteiger partial charge is 0.475 e. The first kappa shape index (κ1) is 10.8. The second kappa shape index (κ2) is 5.47. The van der Waals surface area contributed by atoms with Gasteiger partial charge in [0.05, 0.1) is 6.10 Å². The van der Waals surface area contributed by atoms with Gasteiger partial charge < -0.3 is 10.1 Å². The minimum atomic E-state index is 0.222. The van der Waals surface area contributed by atoms with Gasteiger partial charge in [0.15, 0.2) is 0 Å². The third kappa shape index (κ3) is 3.24. The summed E-state index contributed by atoms with van der Waals surface area (Å²) >= 11 is 0. The van der Waals surface area contributed by atoms with E-state index in [0.717, 1.165) is 18.8 Å². The van der Waals surface area contributed by atoms with Gasteiger partial charge in [-0.3, -0.25) is 0 Å². The predicted octanol–water partition coefficient (Wildman–Crippen LogP) is 2.69. The normalized spacial score (nSPS) is 12.2. The van der Waals surface area contributed by atoms with Crippen LogP contribution >= 0.6 is 0 Å². The predicted molar refractivity (Wildman–Crippen MR) is 58.8 cm³/mol. The van der Waals surface area contributed by atoms with E-state index in [-0.39, 0.29) is 6.10 Å². The highest BCUT2D eigenvalue weighted by molar-refractivity contribution is 5.36. The molecular formula is C11H18N2O. The van der Waals surface area contributed by atoms with Gasteiger partial charge >= 0.3 is 0 Å². The van der Waals surface area contributed by atoms with Gasteiger partial charge in [0.25, 0.3) is 0 Å². The summed E-state index contributed by atoms with van der Waals surface area (Å²) in [7, 11) is 0. The topological polar surface area (TPSA) is 34.1 Å². The Morgan fingerprint density at radius 1 is 1.43 bits per heavy atom. The number of hydrogen-bond acceptors (Lipinski definition) is 3. The van der Waals surface area contributed by atoms with Crippen LogP contribution < -0.4 is 10.1 Å². The molecule has 0 aliphatic rings. The molecule has 1 unspecified atom stereocenters. The summed E-state index contributed by atoms with van der Waals surface area (Å²) in [5.41, 5.74) is 0. The van der Waals surface area contributed by atoms with Crippen molar-refractivity contribution in [2.24, 2.45) is 0 Å². The van der Waals surface area contributed by atoms with Gasteiger partial charge in [-0.15, -0.1) is 0 Å². The molecule has 0 radical (unpaired) electrons. The van der Waals surface area contributed by atoms with E-state index >= 15 is 0 Å². The number of ether oxygens (including phenoxy) is 1. The molecule has 78 valence electrons. The Kier molecular flexibility index (Phi) is 4.23. The van der Waals surface area contributed by atoms with Crippen molar-refractivity contribution in [2.45, 2.75) is 33.3 Å². The molecular weight excluding hydrogens is 176 g/mol. The second-order valence-corrected chi connectivity index (χ2v) is 3.23. The van der Waals surface area contributed by atoms with Crippen LogP contribution in [0, 0.1) is 0 Å².